The molecule has 1 aliphatic rings. The largest absolute Gasteiger partial charge is 0.346 e. The number of aromatic nitrogens is 4. The van der Waals surface area contributed by atoms with Gasteiger partial charge in [0.1, 0.15) is 11.2 Å². The number of hydrogen-bond acceptors (Lipinski definition) is 2. The van der Waals surface area contributed by atoms with Gasteiger partial charge >= 0.3 is 0 Å². The van der Waals surface area contributed by atoms with E-state index in [-0.39, 0.29) is 0 Å². The maximum atomic E-state index is 4.39. The number of pyridine rings is 1. The molecule has 1 N–H and O–H groups in total. The third-order valence-corrected chi connectivity index (χ3v) is 4.00. The van der Waals surface area contributed by atoms with E-state index in [9.17, 15) is 0 Å². The molecule has 1 saturated carbocycles. The summed E-state index contributed by atoms with van der Waals surface area (Å²) in [5.74, 6) is 0. The van der Waals surface area contributed by atoms with E-state index in [1.807, 2.05) is 12.4 Å². The molecule has 1 fully saturated rings. The minimum atomic E-state index is 0.559. The van der Waals surface area contributed by atoms with Gasteiger partial charge in [0.15, 0.2) is 6.33 Å². The zero-order valence-corrected chi connectivity index (χ0v) is 10.2. The summed E-state index contributed by atoms with van der Waals surface area (Å²) in [7, 11) is 0. The van der Waals surface area contributed by atoms with Gasteiger partial charge in [-0.05, 0) is 18.9 Å². The molecule has 3 aromatic heterocycles. The fourth-order valence-electron chi connectivity index (χ4n) is 3.08. The van der Waals surface area contributed by atoms with Gasteiger partial charge in [-0.15, -0.1) is 0 Å². The quantitative estimate of drug-likeness (QED) is 0.708. The SMILES string of the molecule is [c]1nc2cnc3[nH]ccc3c2n1C1CCCCC1. The molecular formula is C14H15N4. The zero-order valence-electron chi connectivity index (χ0n) is 10.2. The fraction of sp³-hybridized carbons (Fsp3) is 0.429. The van der Waals surface area contributed by atoms with Crippen LogP contribution in [0.5, 0.6) is 0 Å². The van der Waals surface area contributed by atoms with E-state index in [0.717, 1.165) is 16.6 Å². The van der Waals surface area contributed by atoms with Crippen LogP contribution >= 0.6 is 0 Å². The first kappa shape index (κ1) is 10.1. The molecule has 0 amide bonds. The second kappa shape index (κ2) is 3.83. The van der Waals surface area contributed by atoms with Crippen molar-refractivity contribution in [3.8, 4) is 0 Å². The predicted octanol–water partition coefficient (Wildman–Crippen LogP) is 3.22. The molecule has 0 spiro atoms. The summed E-state index contributed by atoms with van der Waals surface area (Å²) in [5, 5.41) is 1.16. The molecule has 0 saturated heterocycles. The standard InChI is InChI=1S/C14H15N4/c1-2-4-10(5-3-1)18-9-17-12-8-16-14-11(13(12)18)6-7-15-14/h6-8,10H,1-5H2,(H,15,16). The molecule has 4 heteroatoms. The summed E-state index contributed by atoms with van der Waals surface area (Å²) in [5.41, 5.74) is 3.08. The predicted molar refractivity (Wildman–Crippen MR) is 70.3 cm³/mol. The Hall–Kier alpha value is -1.84. The lowest BCUT2D eigenvalue weighted by atomic mass is 9.95. The lowest BCUT2D eigenvalue weighted by molar-refractivity contribution is 0.358. The van der Waals surface area contributed by atoms with Crippen LogP contribution < -0.4 is 0 Å². The number of H-pyrrole nitrogens is 1. The van der Waals surface area contributed by atoms with E-state index in [1.54, 1.807) is 0 Å². The van der Waals surface area contributed by atoms with Crippen molar-refractivity contribution in [1.29, 1.82) is 0 Å². The molecule has 0 aromatic carbocycles. The Morgan fingerprint density at radius 2 is 2.17 bits per heavy atom. The molecule has 4 rings (SSSR count). The summed E-state index contributed by atoms with van der Waals surface area (Å²) in [6.45, 7) is 0. The number of nitrogens with one attached hydrogen (secondary N) is 1. The molecule has 0 bridgehead atoms. The van der Waals surface area contributed by atoms with E-state index < -0.39 is 0 Å². The molecule has 0 unspecified atom stereocenters. The summed E-state index contributed by atoms with van der Waals surface area (Å²) in [6.07, 6.45) is 13.5. The second-order valence-electron chi connectivity index (χ2n) is 5.11. The average Bonchev–Trinajstić information content (AvgIpc) is 3.05. The van der Waals surface area contributed by atoms with Crippen molar-refractivity contribution in [1.82, 2.24) is 19.5 Å². The molecule has 4 nitrogen and oxygen atoms in total. The van der Waals surface area contributed by atoms with Crippen LogP contribution in [0.15, 0.2) is 18.5 Å². The topological polar surface area (TPSA) is 46.5 Å². The number of hydrogen-bond donors (Lipinski definition) is 1. The van der Waals surface area contributed by atoms with Crippen molar-refractivity contribution < 1.29 is 0 Å². The molecule has 18 heavy (non-hydrogen) atoms. The van der Waals surface area contributed by atoms with Gasteiger partial charge in [0.05, 0.1) is 11.7 Å². The van der Waals surface area contributed by atoms with Crippen molar-refractivity contribution in [3.63, 3.8) is 0 Å². The highest BCUT2D eigenvalue weighted by molar-refractivity contribution is 6.00. The second-order valence-corrected chi connectivity index (χ2v) is 5.11. The van der Waals surface area contributed by atoms with Gasteiger partial charge in [0, 0.05) is 17.6 Å². The summed E-state index contributed by atoms with van der Waals surface area (Å²) < 4.78 is 2.24. The molecule has 3 aromatic rings. The highest BCUT2D eigenvalue weighted by Gasteiger charge is 2.19. The maximum absolute atomic E-state index is 4.39. The molecule has 1 radical (unpaired) electrons. The Balaban J connectivity index is 1.96. The van der Waals surface area contributed by atoms with Gasteiger partial charge in [-0.2, -0.15) is 0 Å². The van der Waals surface area contributed by atoms with Gasteiger partial charge < -0.3 is 9.55 Å². The first-order valence-corrected chi connectivity index (χ1v) is 6.65. The van der Waals surface area contributed by atoms with Crippen molar-refractivity contribution >= 4 is 22.1 Å². The molecule has 1 aliphatic carbocycles. The third-order valence-electron chi connectivity index (χ3n) is 4.00. The van der Waals surface area contributed by atoms with Crippen molar-refractivity contribution in [2.45, 2.75) is 38.1 Å². The van der Waals surface area contributed by atoms with Crippen LogP contribution in [-0.2, 0) is 0 Å². The van der Waals surface area contributed by atoms with Crippen LogP contribution in [0, 0.1) is 6.33 Å². The Morgan fingerprint density at radius 3 is 3.06 bits per heavy atom. The van der Waals surface area contributed by atoms with E-state index >= 15 is 0 Å². The van der Waals surface area contributed by atoms with Crippen LogP contribution in [0.3, 0.4) is 0 Å². The molecule has 3 heterocycles. The van der Waals surface area contributed by atoms with Crippen LogP contribution in [0.1, 0.15) is 38.1 Å². The average molecular weight is 239 g/mol. The van der Waals surface area contributed by atoms with Crippen molar-refractivity contribution in [3.05, 3.63) is 24.8 Å². The van der Waals surface area contributed by atoms with E-state index in [2.05, 4.69) is 31.9 Å². The normalized spacial score (nSPS) is 17.8. The number of fused-ring (bicyclic) bond motifs is 3. The highest BCUT2D eigenvalue weighted by atomic mass is 15.1. The molecule has 0 aliphatic heterocycles. The maximum Gasteiger partial charge on any atom is 0.177 e. The fourth-order valence-corrected chi connectivity index (χ4v) is 3.08. The first-order valence-electron chi connectivity index (χ1n) is 6.65. The number of nitrogens with zero attached hydrogens (tertiary/aromatic N) is 3. The molecule has 91 valence electrons. The summed E-state index contributed by atoms with van der Waals surface area (Å²) in [4.78, 5) is 11.9. The highest BCUT2D eigenvalue weighted by Crippen LogP contribution is 2.32. The van der Waals surface area contributed by atoms with Gasteiger partial charge in [-0.3, -0.25) is 0 Å². The number of rotatable bonds is 1. The van der Waals surface area contributed by atoms with Gasteiger partial charge in [-0.1, -0.05) is 19.3 Å². The zero-order chi connectivity index (χ0) is 11.9. The smallest absolute Gasteiger partial charge is 0.177 e. The lowest BCUT2D eigenvalue weighted by Crippen LogP contribution is -2.12. The first-order chi connectivity index (χ1) is 8.93. The monoisotopic (exact) mass is 239 g/mol. The minimum absolute atomic E-state index is 0.559. The molecular weight excluding hydrogens is 224 g/mol. The Kier molecular flexibility index (Phi) is 2.15. The van der Waals surface area contributed by atoms with Crippen LogP contribution in [0.25, 0.3) is 22.1 Å². The minimum Gasteiger partial charge on any atom is -0.346 e. The van der Waals surface area contributed by atoms with Crippen LogP contribution in [-0.4, -0.2) is 19.5 Å². The van der Waals surface area contributed by atoms with Gasteiger partial charge in [0.25, 0.3) is 0 Å². The van der Waals surface area contributed by atoms with E-state index in [0.29, 0.717) is 6.04 Å². The van der Waals surface area contributed by atoms with Gasteiger partial charge in [-0.25, -0.2) is 9.97 Å². The Labute approximate surface area is 105 Å². The summed E-state index contributed by atoms with van der Waals surface area (Å²) >= 11 is 0. The van der Waals surface area contributed by atoms with E-state index in [4.69, 9.17) is 0 Å². The third kappa shape index (κ3) is 1.38. The summed E-state index contributed by atoms with van der Waals surface area (Å²) in [6, 6.07) is 2.64. The van der Waals surface area contributed by atoms with Crippen molar-refractivity contribution in [2.24, 2.45) is 0 Å². The Morgan fingerprint density at radius 1 is 1.28 bits per heavy atom. The van der Waals surface area contributed by atoms with Crippen LogP contribution in [0.2, 0.25) is 0 Å². The number of aromatic amines is 1. The van der Waals surface area contributed by atoms with Gasteiger partial charge in [0.2, 0.25) is 0 Å². The van der Waals surface area contributed by atoms with Crippen LogP contribution in [0.4, 0.5) is 0 Å². The van der Waals surface area contributed by atoms with E-state index in [1.165, 1.54) is 37.6 Å². The Bertz CT molecular complexity index is 688. The lowest BCUT2D eigenvalue weighted by Gasteiger charge is -2.23. The molecule has 0 atom stereocenters. The number of imidazole rings is 1. The van der Waals surface area contributed by atoms with Crippen molar-refractivity contribution in [2.75, 3.05) is 0 Å².